The Balaban J connectivity index is 3.08. The molecule has 0 unspecified atom stereocenters. The summed E-state index contributed by atoms with van der Waals surface area (Å²) >= 11 is 0. The van der Waals surface area contributed by atoms with Gasteiger partial charge in [0.25, 0.3) is 17.2 Å². The van der Waals surface area contributed by atoms with Gasteiger partial charge < -0.3 is 15.4 Å². The number of pyridine rings is 1. The Hall–Kier alpha value is -2.71. The first kappa shape index (κ1) is 16.3. The zero-order chi connectivity index (χ0) is 16.2. The minimum absolute atomic E-state index is 0.357. The molecule has 0 bridgehead atoms. The number of nitrogens with zero attached hydrogens (tertiary/aromatic N) is 1. The van der Waals surface area contributed by atoms with Crippen molar-refractivity contribution in [2.24, 2.45) is 5.92 Å². The highest BCUT2D eigenvalue weighted by Gasteiger charge is 2.27. The van der Waals surface area contributed by atoms with Crippen molar-refractivity contribution in [1.29, 1.82) is 0 Å². The summed E-state index contributed by atoms with van der Waals surface area (Å²) in [5.41, 5.74) is -1.79. The molecule has 9 heteroatoms. The largest absolute Gasteiger partial charge is 0.480 e. The number of carboxylic acid groups (broad SMARTS) is 1. The molecule has 1 heterocycles. The number of aliphatic carboxylic acids is 1. The fraction of sp³-hybridized carbons (Fsp3) is 0.417. The maximum absolute atomic E-state index is 12.0. The van der Waals surface area contributed by atoms with E-state index in [1.807, 2.05) is 0 Å². The van der Waals surface area contributed by atoms with E-state index >= 15 is 0 Å². The maximum atomic E-state index is 12.0. The smallest absolute Gasteiger partial charge is 0.326 e. The second-order valence-electron chi connectivity index (χ2n) is 4.53. The zero-order valence-corrected chi connectivity index (χ0v) is 11.5. The minimum atomic E-state index is -1.24. The molecule has 3 N–H and O–H groups in total. The normalized spacial score (nSPS) is 13.2. The molecule has 0 radical (unpaired) electrons. The van der Waals surface area contributed by atoms with Gasteiger partial charge >= 0.3 is 5.97 Å². The second kappa shape index (κ2) is 6.64. The number of amides is 1. The van der Waals surface area contributed by atoms with Crippen LogP contribution in [-0.4, -0.2) is 32.9 Å². The molecule has 0 saturated heterocycles. The van der Waals surface area contributed by atoms with Crippen LogP contribution < -0.4 is 10.9 Å². The molecule has 21 heavy (non-hydrogen) atoms. The molecule has 0 aliphatic carbocycles. The van der Waals surface area contributed by atoms with E-state index in [2.05, 4.69) is 10.3 Å². The van der Waals surface area contributed by atoms with Crippen molar-refractivity contribution in [1.82, 2.24) is 10.3 Å². The van der Waals surface area contributed by atoms with E-state index in [1.165, 1.54) is 0 Å². The summed E-state index contributed by atoms with van der Waals surface area (Å²) in [4.78, 5) is 46.5. The van der Waals surface area contributed by atoms with Gasteiger partial charge in [-0.15, -0.1) is 0 Å². The summed E-state index contributed by atoms with van der Waals surface area (Å²) < 4.78 is 0. The van der Waals surface area contributed by atoms with E-state index < -0.39 is 39.7 Å². The van der Waals surface area contributed by atoms with Crippen molar-refractivity contribution in [2.45, 2.75) is 26.3 Å². The average Bonchev–Trinajstić information content (AvgIpc) is 2.43. The Morgan fingerprint density at radius 2 is 2.14 bits per heavy atom. The Morgan fingerprint density at radius 3 is 2.62 bits per heavy atom. The van der Waals surface area contributed by atoms with Gasteiger partial charge in [-0.25, -0.2) is 4.79 Å². The number of carboxylic acids is 1. The lowest BCUT2D eigenvalue weighted by molar-refractivity contribution is -0.385. The Kier molecular flexibility index (Phi) is 5.17. The standard InChI is InChI=1S/C12H15N3O6/c1-3-6(2)9(12(18)19)14-11(17)8-4-7(15(20)21)5-13-10(8)16/h4-6,9H,3H2,1-2H3,(H,13,16)(H,14,17)(H,18,19)/t6-,9-/m0/s1. The molecule has 9 nitrogen and oxygen atoms in total. The van der Waals surface area contributed by atoms with Crippen LogP contribution in [-0.2, 0) is 4.79 Å². The summed E-state index contributed by atoms with van der Waals surface area (Å²) in [5, 5.41) is 21.9. The first-order valence-corrected chi connectivity index (χ1v) is 6.18. The van der Waals surface area contributed by atoms with Crippen molar-refractivity contribution >= 4 is 17.6 Å². The molecule has 0 aromatic carbocycles. The molecule has 0 aliphatic rings. The van der Waals surface area contributed by atoms with E-state index in [0.29, 0.717) is 6.42 Å². The van der Waals surface area contributed by atoms with Gasteiger partial charge in [0.05, 0.1) is 11.1 Å². The third-order valence-electron chi connectivity index (χ3n) is 3.11. The molecule has 2 atom stereocenters. The van der Waals surface area contributed by atoms with Gasteiger partial charge in [0.2, 0.25) is 0 Å². The third kappa shape index (κ3) is 3.88. The van der Waals surface area contributed by atoms with Crippen LogP contribution in [0.2, 0.25) is 0 Å². The van der Waals surface area contributed by atoms with Gasteiger partial charge in [0, 0.05) is 6.07 Å². The van der Waals surface area contributed by atoms with E-state index in [4.69, 9.17) is 5.11 Å². The highest BCUT2D eigenvalue weighted by atomic mass is 16.6. The molecule has 1 amide bonds. The number of rotatable bonds is 6. The summed E-state index contributed by atoms with van der Waals surface area (Å²) in [5.74, 6) is -2.56. The third-order valence-corrected chi connectivity index (χ3v) is 3.11. The first-order chi connectivity index (χ1) is 9.77. The number of hydrogen-bond donors (Lipinski definition) is 3. The van der Waals surface area contributed by atoms with Gasteiger partial charge in [-0.05, 0) is 5.92 Å². The lowest BCUT2D eigenvalue weighted by Crippen LogP contribution is -2.46. The summed E-state index contributed by atoms with van der Waals surface area (Å²) in [7, 11) is 0. The topological polar surface area (TPSA) is 142 Å². The maximum Gasteiger partial charge on any atom is 0.326 e. The molecule has 0 saturated carbocycles. The van der Waals surface area contributed by atoms with Crippen molar-refractivity contribution < 1.29 is 19.6 Å². The minimum Gasteiger partial charge on any atom is -0.480 e. The van der Waals surface area contributed by atoms with Crippen LogP contribution in [0.15, 0.2) is 17.1 Å². The molecule has 1 rings (SSSR count). The van der Waals surface area contributed by atoms with E-state index in [1.54, 1.807) is 13.8 Å². The van der Waals surface area contributed by atoms with Crippen LogP contribution in [0.1, 0.15) is 30.6 Å². The highest BCUT2D eigenvalue weighted by Crippen LogP contribution is 2.11. The average molecular weight is 297 g/mol. The van der Waals surface area contributed by atoms with Gasteiger partial charge in [0.15, 0.2) is 0 Å². The fourth-order valence-corrected chi connectivity index (χ4v) is 1.65. The number of nitrogens with one attached hydrogen (secondary N) is 2. The highest BCUT2D eigenvalue weighted by molar-refractivity contribution is 5.96. The Morgan fingerprint density at radius 1 is 1.52 bits per heavy atom. The molecular weight excluding hydrogens is 282 g/mol. The molecule has 0 aliphatic heterocycles. The zero-order valence-electron chi connectivity index (χ0n) is 11.5. The molecule has 0 fully saturated rings. The van der Waals surface area contributed by atoms with E-state index in [0.717, 1.165) is 12.3 Å². The number of carbonyl (C=O) groups is 2. The first-order valence-electron chi connectivity index (χ1n) is 6.18. The van der Waals surface area contributed by atoms with Crippen LogP contribution in [0, 0.1) is 16.0 Å². The quantitative estimate of drug-likeness (QED) is 0.515. The monoisotopic (exact) mass is 297 g/mol. The second-order valence-corrected chi connectivity index (χ2v) is 4.53. The SMILES string of the molecule is CC[C@H](C)[C@H](NC(=O)c1cc([N+](=O)[O-])c[nH]c1=O)C(=O)O. The molecule has 1 aromatic heterocycles. The van der Waals surface area contributed by atoms with Crippen molar-refractivity contribution in [3.63, 3.8) is 0 Å². The van der Waals surface area contributed by atoms with Gasteiger partial charge in [0.1, 0.15) is 11.6 Å². The molecule has 0 spiro atoms. The number of aromatic amines is 1. The number of carbonyl (C=O) groups excluding carboxylic acids is 1. The van der Waals surface area contributed by atoms with Crippen molar-refractivity contribution in [3.05, 3.63) is 38.3 Å². The molecule has 1 aromatic rings. The van der Waals surface area contributed by atoms with E-state index in [9.17, 15) is 24.5 Å². The Bertz CT molecular complexity index is 624. The van der Waals surface area contributed by atoms with Crippen LogP contribution in [0.25, 0.3) is 0 Å². The predicted molar refractivity (Wildman–Crippen MR) is 72.1 cm³/mol. The fourth-order valence-electron chi connectivity index (χ4n) is 1.65. The number of hydrogen-bond acceptors (Lipinski definition) is 5. The van der Waals surface area contributed by atoms with E-state index in [-0.39, 0.29) is 5.92 Å². The lowest BCUT2D eigenvalue weighted by atomic mass is 9.99. The van der Waals surface area contributed by atoms with Gasteiger partial charge in [-0.1, -0.05) is 20.3 Å². The summed E-state index contributed by atoms with van der Waals surface area (Å²) in [6, 6.07) is -0.370. The molecule has 114 valence electrons. The number of aromatic nitrogens is 1. The van der Waals surface area contributed by atoms with Crippen LogP contribution in [0.3, 0.4) is 0 Å². The Labute approximate surface area is 119 Å². The summed E-state index contributed by atoms with van der Waals surface area (Å²) in [6.07, 6.45) is 1.37. The van der Waals surface area contributed by atoms with Crippen LogP contribution >= 0.6 is 0 Å². The van der Waals surface area contributed by atoms with Crippen molar-refractivity contribution in [3.8, 4) is 0 Å². The number of H-pyrrole nitrogens is 1. The predicted octanol–water partition coefficient (Wildman–Crippen LogP) is 0.512. The van der Waals surface area contributed by atoms with Crippen LogP contribution in [0.5, 0.6) is 0 Å². The van der Waals surface area contributed by atoms with Gasteiger partial charge in [-0.2, -0.15) is 0 Å². The van der Waals surface area contributed by atoms with Crippen LogP contribution in [0.4, 0.5) is 5.69 Å². The van der Waals surface area contributed by atoms with Gasteiger partial charge in [-0.3, -0.25) is 19.7 Å². The van der Waals surface area contributed by atoms with Crippen molar-refractivity contribution in [2.75, 3.05) is 0 Å². The molecular formula is C12H15N3O6. The number of nitro groups is 1. The lowest BCUT2D eigenvalue weighted by Gasteiger charge is -2.19. The summed E-state index contributed by atoms with van der Waals surface area (Å²) in [6.45, 7) is 3.39.